The number of unbranched alkanes of at least 4 members (excludes halogenated alkanes) is 1. The second-order valence-electron chi connectivity index (χ2n) is 9.11. The van der Waals surface area contributed by atoms with Crippen molar-refractivity contribution in [1.82, 2.24) is 0 Å². The lowest BCUT2D eigenvalue weighted by molar-refractivity contribution is 0.0705. The number of fused-ring (bicyclic) bond motifs is 2. The van der Waals surface area contributed by atoms with Crippen LogP contribution in [0.2, 0.25) is 0 Å². The lowest BCUT2D eigenvalue weighted by atomic mass is 10.1. The Morgan fingerprint density at radius 2 is 0.700 bits per heavy atom. The average molecular weight is 551 g/mol. The van der Waals surface area contributed by atoms with E-state index in [1.807, 2.05) is 72.8 Å². The number of ether oxygens (including phenoxy) is 6. The fraction of sp³-hybridized carbons (Fsp3) is 0.375. The van der Waals surface area contributed by atoms with Gasteiger partial charge < -0.3 is 38.6 Å². The van der Waals surface area contributed by atoms with Gasteiger partial charge in [0.25, 0.3) is 0 Å². The van der Waals surface area contributed by atoms with Gasteiger partial charge in [0.1, 0.15) is 36.2 Å². The van der Waals surface area contributed by atoms with Gasteiger partial charge in [-0.05, 0) is 82.9 Å². The molecule has 0 fully saturated rings. The number of rotatable bonds is 19. The maximum Gasteiger partial charge on any atom is 0.120 e. The molecule has 0 unspecified atom stereocenters. The van der Waals surface area contributed by atoms with Crippen molar-refractivity contribution in [2.24, 2.45) is 0 Å². The van der Waals surface area contributed by atoms with Crippen molar-refractivity contribution >= 4 is 21.5 Å². The van der Waals surface area contributed by atoms with E-state index >= 15 is 0 Å². The fourth-order valence-electron chi connectivity index (χ4n) is 4.12. The van der Waals surface area contributed by atoms with E-state index in [9.17, 15) is 0 Å². The molecule has 214 valence electrons. The number of aliphatic hydroxyl groups is 2. The van der Waals surface area contributed by atoms with Crippen LogP contribution in [-0.4, -0.2) is 76.3 Å². The van der Waals surface area contributed by atoms with Crippen LogP contribution < -0.4 is 18.9 Å². The van der Waals surface area contributed by atoms with Gasteiger partial charge in [-0.1, -0.05) is 24.3 Å². The predicted octanol–water partition coefficient (Wildman–Crippen LogP) is 5.01. The summed E-state index contributed by atoms with van der Waals surface area (Å²) in [5, 5.41) is 21.8. The largest absolute Gasteiger partial charge is 0.494 e. The van der Waals surface area contributed by atoms with E-state index in [-0.39, 0.29) is 13.2 Å². The summed E-state index contributed by atoms with van der Waals surface area (Å²) in [4.78, 5) is 0. The van der Waals surface area contributed by atoms with Crippen LogP contribution in [0.3, 0.4) is 0 Å². The van der Waals surface area contributed by atoms with Gasteiger partial charge in [-0.3, -0.25) is 0 Å². The molecule has 0 aromatic heterocycles. The molecule has 0 radical (unpaired) electrons. The molecule has 4 aromatic rings. The zero-order valence-corrected chi connectivity index (χ0v) is 22.8. The number of hydrogen-bond acceptors (Lipinski definition) is 8. The van der Waals surface area contributed by atoms with Crippen LogP contribution in [0.15, 0.2) is 72.8 Å². The van der Waals surface area contributed by atoms with Crippen molar-refractivity contribution in [1.29, 1.82) is 0 Å². The minimum atomic E-state index is 0.0174. The topological polar surface area (TPSA) is 95.8 Å². The van der Waals surface area contributed by atoms with Gasteiger partial charge in [0.2, 0.25) is 0 Å². The summed E-state index contributed by atoms with van der Waals surface area (Å²) in [5.41, 5.74) is 0. The van der Waals surface area contributed by atoms with Gasteiger partial charge in [-0.15, -0.1) is 0 Å². The molecule has 4 rings (SSSR count). The molecule has 0 heterocycles. The summed E-state index contributed by atoms with van der Waals surface area (Å²) < 4.78 is 33.8. The standard InChI is InChI=1S/C32H38O8/c33-11-15-35-17-19-39-31-9-5-25-21-29(7-3-27(25)23-31)37-13-1-2-14-38-30-8-4-28-24-32(10-6-26(28)22-30)40-20-18-36-16-12-34/h3-10,21-24,33-34H,1-2,11-20H2. The predicted molar refractivity (Wildman–Crippen MR) is 155 cm³/mol. The SMILES string of the molecule is OCCOCCOc1ccc2cc(OCCCCOc3ccc4cc(OCCOCCO)ccc4c3)ccc2c1. The molecule has 0 aliphatic heterocycles. The quantitative estimate of drug-likeness (QED) is 0.157. The second kappa shape index (κ2) is 16.5. The van der Waals surface area contributed by atoms with E-state index in [0.29, 0.717) is 52.9 Å². The Balaban J connectivity index is 1.14. The molecule has 0 amide bonds. The van der Waals surface area contributed by atoms with Crippen LogP contribution in [0.1, 0.15) is 12.8 Å². The molecule has 0 aliphatic carbocycles. The third kappa shape index (κ3) is 9.57. The van der Waals surface area contributed by atoms with Gasteiger partial charge in [-0.25, -0.2) is 0 Å². The Morgan fingerprint density at radius 3 is 1.02 bits per heavy atom. The van der Waals surface area contributed by atoms with Gasteiger partial charge >= 0.3 is 0 Å². The molecule has 4 aromatic carbocycles. The van der Waals surface area contributed by atoms with Crippen LogP contribution in [0.5, 0.6) is 23.0 Å². The molecular weight excluding hydrogens is 512 g/mol. The van der Waals surface area contributed by atoms with Crippen LogP contribution in [0.4, 0.5) is 0 Å². The maximum atomic E-state index is 8.73. The first-order valence-electron chi connectivity index (χ1n) is 13.7. The molecule has 0 spiro atoms. The highest BCUT2D eigenvalue weighted by Crippen LogP contribution is 2.26. The van der Waals surface area contributed by atoms with E-state index in [1.54, 1.807) is 0 Å². The van der Waals surface area contributed by atoms with Crippen LogP contribution in [0, 0.1) is 0 Å². The Bertz CT molecular complexity index is 1210. The lowest BCUT2D eigenvalue weighted by Crippen LogP contribution is -2.09. The summed E-state index contributed by atoms with van der Waals surface area (Å²) in [6.07, 6.45) is 1.78. The van der Waals surface area contributed by atoms with Crippen molar-refractivity contribution < 1.29 is 38.6 Å². The molecule has 8 nitrogen and oxygen atoms in total. The van der Waals surface area contributed by atoms with Crippen LogP contribution in [-0.2, 0) is 9.47 Å². The fourth-order valence-corrected chi connectivity index (χ4v) is 4.12. The van der Waals surface area contributed by atoms with Crippen LogP contribution in [0.25, 0.3) is 21.5 Å². The summed E-state index contributed by atoms with van der Waals surface area (Å²) in [7, 11) is 0. The monoisotopic (exact) mass is 550 g/mol. The smallest absolute Gasteiger partial charge is 0.120 e. The highest BCUT2D eigenvalue weighted by Gasteiger charge is 2.03. The Morgan fingerprint density at radius 1 is 0.375 bits per heavy atom. The summed E-state index contributed by atoms with van der Waals surface area (Å²) in [5.74, 6) is 3.26. The molecule has 8 heteroatoms. The highest BCUT2D eigenvalue weighted by molar-refractivity contribution is 5.86. The van der Waals surface area contributed by atoms with Gasteiger partial charge in [0, 0.05) is 0 Å². The van der Waals surface area contributed by atoms with E-state index in [0.717, 1.165) is 57.4 Å². The molecule has 0 aliphatic rings. The normalized spacial score (nSPS) is 11.2. The molecule has 0 atom stereocenters. The van der Waals surface area contributed by atoms with Crippen molar-refractivity contribution in [3.63, 3.8) is 0 Å². The first-order valence-corrected chi connectivity index (χ1v) is 13.7. The average Bonchev–Trinajstić information content (AvgIpc) is 2.98. The second-order valence-corrected chi connectivity index (χ2v) is 9.11. The van der Waals surface area contributed by atoms with Gasteiger partial charge in [0.05, 0.1) is 52.9 Å². The zero-order chi connectivity index (χ0) is 27.8. The Labute approximate surface area is 235 Å². The summed E-state index contributed by atoms with van der Waals surface area (Å²) in [6.45, 7) is 3.70. The lowest BCUT2D eigenvalue weighted by Gasteiger charge is -2.11. The minimum Gasteiger partial charge on any atom is -0.494 e. The zero-order valence-electron chi connectivity index (χ0n) is 22.8. The minimum absolute atomic E-state index is 0.0174. The maximum absolute atomic E-state index is 8.73. The number of aliphatic hydroxyl groups excluding tert-OH is 2. The first-order chi connectivity index (χ1) is 19.7. The van der Waals surface area contributed by atoms with Crippen molar-refractivity contribution in [3.05, 3.63) is 72.8 Å². The molecule has 0 bridgehead atoms. The Kier molecular flexibility index (Phi) is 12.2. The Hall–Kier alpha value is -3.56. The summed E-state index contributed by atoms with van der Waals surface area (Å²) in [6, 6.07) is 24.0. The molecular formula is C32H38O8. The van der Waals surface area contributed by atoms with Crippen molar-refractivity contribution in [2.45, 2.75) is 12.8 Å². The number of hydrogen-bond donors (Lipinski definition) is 2. The highest BCUT2D eigenvalue weighted by atomic mass is 16.5. The van der Waals surface area contributed by atoms with E-state index in [1.165, 1.54) is 0 Å². The first kappa shape index (κ1) is 29.4. The van der Waals surface area contributed by atoms with E-state index in [2.05, 4.69) is 0 Å². The summed E-state index contributed by atoms with van der Waals surface area (Å²) >= 11 is 0. The van der Waals surface area contributed by atoms with Crippen molar-refractivity contribution in [2.75, 3.05) is 66.1 Å². The molecule has 0 saturated carbocycles. The third-order valence-electron chi connectivity index (χ3n) is 6.11. The van der Waals surface area contributed by atoms with Gasteiger partial charge in [-0.2, -0.15) is 0 Å². The van der Waals surface area contributed by atoms with Crippen molar-refractivity contribution in [3.8, 4) is 23.0 Å². The van der Waals surface area contributed by atoms with E-state index < -0.39 is 0 Å². The molecule has 0 saturated heterocycles. The molecule has 2 N–H and O–H groups in total. The number of benzene rings is 4. The van der Waals surface area contributed by atoms with Gasteiger partial charge in [0.15, 0.2) is 0 Å². The third-order valence-corrected chi connectivity index (χ3v) is 6.11. The van der Waals surface area contributed by atoms with E-state index in [4.69, 9.17) is 38.6 Å². The molecule has 40 heavy (non-hydrogen) atoms. The van der Waals surface area contributed by atoms with Crippen LogP contribution >= 0.6 is 0 Å².